The Bertz CT molecular complexity index is 510. The van der Waals surface area contributed by atoms with Gasteiger partial charge in [0.25, 0.3) is 5.91 Å². The smallest absolute Gasteiger partial charge is 0.402 e. The highest BCUT2D eigenvalue weighted by Gasteiger charge is 2.35. The Labute approximate surface area is 107 Å². The van der Waals surface area contributed by atoms with Crippen LogP contribution in [0.3, 0.4) is 0 Å². The molecule has 0 saturated heterocycles. The number of halogens is 4. The van der Waals surface area contributed by atoms with Crippen molar-refractivity contribution in [1.82, 2.24) is 4.98 Å². The first kappa shape index (κ1) is 13.5. The summed E-state index contributed by atoms with van der Waals surface area (Å²) in [6.45, 7) is 0. The number of hydrogen-bond acceptors (Lipinski definition) is 4. The summed E-state index contributed by atoms with van der Waals surface area (Å²) >= 11 is 1.63. The Hall–Kier alpha value is -1.57. The highest BCUT2D eigenvalue weighted by molar-refractivity contribution is 14.1. The summed E-state index contributed by atoms with van der Waals surface area (Å²) in [6.07, 6.45) is -5.04. The van der Waals surface area contributed by atoms with E-state index in [9.17, 15) is 18.0 Å². The molecule has 17 heavy (non-hydrogen) atoms. The van der Waals surface area contributed by atoms with Crippen LogP contribution in [0.25, 0.3) is 0 Å². The third kappa shape index (κ3) is 3.45. The molecule has 5 nitrogen and oxygen atoms in total. The number of carbonyl (C=O) groups excluding carboxylic acids is 1. The van der Waals surface area contributed by atoms with Crippen molar-refractivity contribution >= 4 is 28.5 Å². The Morgan fingerprint density at radius 1 is 1.59 bits per heavy atom. The minimum atomic E-state index is -5.04. The van der Waals surface area contributed by atoms with Gasteiger partial charge in [0.2, 0.25) is 0 Å². The van der Waals surface area contributed by atoms with Gasteiger partial charge in [-0.2, -0.15) is 5.26 Å². The van der Waals surface area contributed by atoms with Crippen molar-refractivity contribution in [2.75, 3.05) is 0 Å². The molecule has 0 atom stereocenters. The lowest BCUT2D eigenvalue weighted by Crippen LogP contribution is -2.23. The molecule has 0 aliphatic heterocycles. The lowest BCUT2D eigenvalue weighted by molar-refractivity contribution is -0.274. The number of pyridine rings is 1. The van der Waals surface area contributed by atoms with E-state index >= 15 is 0 Å². The van der Waals surface area contributed by atoms with Crippen LogP contribution in [-0.4, -0.2) is 17.3 Å². The number of ether oxygens (including phenoxy) is 1. The number of nitriles is 1. The second-order valence-electron chi connectivity index (χ2n) is 2.69. The molecule has 0 aliphatic rings. The molecule has 0 fully saturated rings. The van der Waals surface area contributed by atoms with Gasteiger partial charge in [0.15, 0.2) is 11.4 Å². The van der Waals surface area contributed by atoms with Crippen molar-refractivity contribution in [3.63, 3.8) is 0 Å². The third-order valence-electron chi connectivity index (χ3n) is 1.51. The number of aromatic nitrogens is 1. The minimum Gasteiger partial charge on any atom is -0.402 e. The van der Waals surface area contributed by atoms with Gasteiger partial charge in [-0.3, -0.25) is 4.79 Å². The van der Waals surface area contributed by atoms with Gasteiger partial charge in [-0.05, 0) is 28.7 Å². The van der Waals surface area contributed by atoms with Gasteiger partial charge in [-0.1, -0.05) is 0 Å². The highest BCUT2D eigenvalue weighted by atomic mass is 127. The molecular weight excluding hydrogens is 354 g/mol. The van der Waals surface area contributed by atoms with Crippen LogP contribution in [-0.2, 0) is 0 Å². The molecule has 0 aromatic carbocycles. The number of carbonyl (C=O) groups is 1. The summed E-state index contributed by atoms with van der Waals surface area (Å²) in [6, 6.07) is 2.53. The molecule has 1 rings (SSSR count). The van der Waals surface area contributed by atoms with Crippen molar-refractivity contribution in [1.29, 1.82) is 5.26 Å². The molecule has 1 amide bonds. The van der Waals surface area contributed by atoms with Crippen LogP contribution < -0.4 is 10.5 Å². The molecule has 0 unspecified atom stereocenters. The second kappa shape index (κ2) is 4.74. The molecule has 1 heterocycles. The molecule has 0 bridgehead atoms. The summed E-state index contributed by atoms with van der Waals surface area (Å²) in [5, 5.41) is 8.67. The van der Waals surface area contributed by atoms with Gasteiger partial charge in [-0.25, -0.2) is 4.98 Å². The van der Waals surface area contributed by atoms with E-state index in [2.05, 4.69) is 9.72 Å². The van der Waals surface area contributed by atoms with Crippen molar-refractivity contribution in [2.24, 2.45) is 5.73 Å². The summed E-state index contributed by atoms with van der Waals surface area (Å²) in [7, 11) is 0. The number of nitrogens with zero attached hydrogens (tertiary/aromatic N) is 2. The first-order valence-electron chi connectivity index (χ1n) is 3.91. The zero-order valence-electron chi connectivity index (χ0n) is 7.88. The van der Waals surface area contributed by atoms with Gasteiger partial charge in [0.1, 0.15) is 9.77 Å². The molecule has 0 spiro atoms. The van der Waals surface area contributed by atoms with Crippen molar-refractivity contribution in [3.05, 3.63) is 21.0 Å². The van der Waals surface area contributed by atoms with Crippen molar-refractivity contribution in [3.8, 4) is 11.8 Å². The molecular formula is C8H3F3IN3O2. The molecule has 1 aromatic heterocycles. The standard InChI is InChI=1S/C8H3F3IN3O2/c9-8(10,11)17-6-3(2-13)1-4(12)15-5(6)7(14)16/h1H,(H2,14,16). The van der Waals surface area contributed by atoms with E-state index in [1.165, 1.54) is 6.07 Å². The number of amides is 1. The minimum absolute atomic E-state index is 0.155. The maximum Gasteiger partial charge on any atom is 0.573 e. The van der Waals surface area contributed by atoms with Gasteiger partial charge in [0.05, 0.1) is 5.56 Å². The Morgan fingerprint density at radius 3 is 2.59 bits per heavy atom. The predicted octanol–water partition coefficient (Wildman–Crippen LogP) is 1.56. The Balaban J connectivity index is 3.44. The topological polar surface area (TPSA) is 89.0 Å². The first-order chi connectivity index (χ1) is 7.74. The average molecular weight is 357 g/mol. The van der Waals surface area contributed by atoms with E-state index in [4.69, 9.17) is 11.0 Å². The first-order valence-corrected chi connectivity index (χ1v) is 4.98. The number of primary amides is 1. The van der Waals surface area contributed by atoms with Crippen LogP contribution in [0.1, 0.15) is 16.1 Å². The molecule has 9 heteroatoms. The van der Waals surface area contributed by atoms with Crippen LogP contribution in [0.5, 0.6) is 5.75 Å². The number of rotatable bonds is 2. The van der Waals surface area contributed by atoms with E-state index in [0.29, 0.717) is 0 Å². The van der Waals surface area contributed by atoms with Crippen LogP contribution >= 0.6 is 22.6 Å². The summed E-state index contributed by atoms with van der Waals surface area (Å²) in [4.78, 5) is 14.4. The highest BCUT2D eigenvalue weighted by Crippen LogP contribution is 2.29. The third-order valence-corrected chi connectivity index (χ3v) is 2.07. The number of hydrogen-bond donors (Lipinski definition) is 1. The van der Waals surface area contributed by atoms with E-state index in [1.54, 1.807) is 22.6 Å². The van der Waals surface area contributed by atoms with E-state index in [1.807, 2.05) is 0 Å². The van der Waals surface area contributed by atoms with Crippen LogP contribution in [0.15, 0.2) is 6.07 Å². The maximum absolute atomic E-state index is 12.1. The van der Waals surface area contributed by atoms with Gasteiger partial charge < -0.3 is 10.5 Å². The van der Waals surface area contributed by atoms with E-state index < -0.39 is 29.3 Å². The monoisotopic (exact) mass is 357 g/mol. The summed E-state index contributed by atoms with van der Waals surface area (Å²) in [5.41, 5.74) is 3.67. The SMILES string of the molecule is N#Cc1cc(I)nc(C(N)=O)c1OC(F)(F)F. The zero-order chi connectivity index (χ0) is 13.2. The predicted molar refractivity (Wildman–Crippen MR) is 56.9 cm³/mol. The fourth-order valence-electron chi connectivity index (χ4n) is 0.971. The van der Waals surface area contributed by atoms with Crippen LogP contribution in [0, 0.1) is 15.0 Å². The molecule has 0 saturated carbocycles. The Kier molecular flexibility index (Phi) is 3.76. The lowest BCUT2D eigenvalue weighted by atomic mass is 10.2. The summed E-state index contributed by atoms with van der Waals surface area (Å²) in [5.74, 6) is -2.19. The van der Waals surface area contributed by atoms with Gasteiger partial charge in [-0.15, -0.1) is 13.2 Å². The van der Waals surface area contributed by atoms with Crippen molar-refractivity contribution < 1.29 is 22.7 Å². The maximum atomic E-state index is 12.1. The molecule has 0 aliphatic carbocycles. The Morgan fingerprint density at radius 2 is 2.18 bits per heavy atom. The summed E-state index contributed by atoms with van der Waals surface area (Å²) < 4.78 is 40.0. The van der Waals surface area contributed by atoms with E-state index in [0.717, 1.165) is 6.07 Å². The van der Waals surface area contributed by atoms with E-state index in [-0.39, 0.29) is 3.70 Å². The molecule has 2 N–H and O–H groups in total. The van der Waals surface area contributed by atoms with Crippen molar-refractivity contribution in [2.45, 2.75) is 6.36 Å². The quantitative estimate of drug-likeness (QED) is 0.643. The van der Waals surface area contributed by atoms with Crippen LogP contribution in [0.2, 0.25) is 0 Å². The average Bonchev–Trinajstić information content (AvgIpc) is 2.17. The molecule has 90 valence electrons. The lowest BCUT2D eigenvalue weighted by Gasteiger charge is -2.12. The van der Waals surface area contributed by atoms with Crippen LogP contribution in [0.4, 0.5) is 13.2 Å². The molecule has 0 radical (unpaired) electrons. The number of nitrogens with two attached hydrogens (primary N) is 1. The normalized spacial score (nSPS) is 10.8. The fourth-order valence-corrected chi connectivity index (χ4v) is 1.52. The second-order valence-corrected chi connectivity index (χ2v) is 3.80. The van der Waals surface area contributed by atoms with Gasteiger partial charge >= 0.3 is 6.36 Å². The fraction of sp³-hybridized carbons (Fsp3) is 0.125. The van der Waals surface area contributed by atoms with Gasteiger partial charge in [0, 0.05) is 0 Å². The number of alkyl halides is 3. The molecule has 1 aromatic rings. The largest absolute Gasteiger partial charge is 0.573 e. The zero-order valence-corrected chi connectivity index (χ0v) is 10.0.